The molecule has 1 amide bonds. The molecule has 2 atom stereocenters. The number of amides is 1. The molecular formula is C15H27NO6. The van der Waals surface area contributed by atoms with Crippen LogP contribution in [-0.2, 0) is 19.0 Å². The lowest BCUT2D eigenvalue weighted by atomic mass is 9.87. The van der Waals surface area contributed by atoms with Gasteiger partial charge in [0.2, 0.25) is 0 Å². The molecule has 0 radical (unpaired) electrons. The van der Waals surface area contributed by atoms with Gasteiger partial charge in [0.1, 0.15) is 17.3 Å². The normalized spacial score (nSPS) is 26.2. The van der Waals surface area contributed by atoms with Crippen LogP contribution in [0.2, 0.25) is 0 Å². The number of rotatable bonds is 2. The Kier molecular flexibility index (Phi) is 5.46. The monoisotopic (exact) mass is 317 g/mol. The Balaban J connectivity index is 2.97. The minimum Gasteiger partial charge on any atom is -0.458 e. The molecule has 0 aromatic heterocycles. The molecule has 1 saturated heterocycles. The number of hydrogen-bond donors (Lipinski definition) is 2. The molecule has 0 saturated carbocycles. The van der Waals surface area contributed by atoms with Gasteiger partial charge in [0.05, 0.1) is 6.61 Å². The Labute approximate surface area is 131 Å². The van der Waals surface area contributed by atoms with Crippen LogP contribution in [-0.4, -0.2) is 53.2 Å². The number of aliphatic hydroxyl groups is 1. The largest absolute Gasteiger partial charge is 0.458 e. The average molecular weight is 317 g/mol. The molecule has 7 heteroatoms. The third-order valence-electron chi connectivity index (χ3n) is 2.97. The van der Waals surface area contributed by atoms with E-state index in [1.54, 1.807) is 41.5 Å². The zero-order chi connectivity index (χ0) is 17.2. The Morgan fingerprint density at radius 1 is 1.14 bits per heavy atom. The van der Waals surface area contributed by atoms with Crippen LogP contribution in [0.25, 0.3) is 0 Å². The van der Waals surface area contributed by atoms with Gasteiger partial charge in [-0.2, -0.15) is 0 Å². The van der Waals surface area contributed by atoms with Gasteiger partial charge in [0.25, 0.3) is 0 Å². The van der Waals surface area contributed by atoms with E-state index in [1.165, 1.54) is 0 Å². The summed E-state index contributed by atoms with van der Waals surface area (Å²) in [5, 5.41) is 12.7. The molecule has 1 aliphatic rings. The highest BCUT2D eigenvalue weighted by Gasteiger charge is 2.51. The van der Waals surface area contributed by atoms with E-state index in [1.807, 2.05) is 0 Å². The molecule has 0 aromatic rings. The van der Waals surface area contributed by atoms with Gasteiger partial charge in [0, 0.05) is 13.0 Å². The number of alkyl carbamates (subject to hydrolysis) is 1. The lowest BCUT2D eigenvalue weighted by Gasteiger charge is -2.41. The molecule has 0 spiro atoms. The van der Waals surface area contributed by atoms with Gasteiger partial charge in [-0.05, 0) is 41.5 Å². The first kappa shape index (κ1) is 18.7. The highest BCUT2D eigenvalue weighted by atomic mass is 16.6. The van der Waals surface area contributed by atoms with Gasteiger partial charge in [-0.15, -0.1) is 0 Å². The molecule has 1 heterocycles. The zero-order valence-corrected chi connectivity index (χ0v) is 14.2. The second-order valence-electron chi connectivity index (χ2n) is 7.44. The molecule has 0 unspecified atom stereocenters. The van der Waals surface area contributed by atoms with E-state index in [2.05, 4.69) is 5.32 Å². The Morgan fingerprint density at radius 2 is 1.68 bits per heavy atom. The summed E-state index contributed by atoms with van der Waals surface area (Å²) in [7, 11) is 0. The van der Waals surface area contributed by atoms with Crippen molar-refractivity contribution in [2.75, 3.05) is 13.2 Å². The highest BCUT2D eigenvalue weighted by Crippen LogP contribution is 2.26. The van der Waals surface area contributed by atoms with E-state index in [-0.39, 0.29) is 19.6 Å². The summed E-state index contributed by atoms with van der Waals surface area (Å²) in [4.78, 5) is 24.6. The lowest BCUT2D eigenvalue weighted by Crippen LogP contribution is -2.67. The summed E-state index contributed by atoms with van der Waals surface area (Å²) in [5.74, 6) is -0.693. The van der Waals surface area contributed by atoms with E-state index < -0.39 is 34.9 Å². The first-order valence-electron chi connectivity index (χ1n) is 7.36. The molecule has 2 N–H and O–H groups in total. The summed E-state index contributed by atoms with van der Waals surface area (Å²) in [6.07, 6.45) is -1.87. The van der Waals surface area contributed by atoms with Crippen molar-refractivity contribution < 1.29 is 28.9 Å². The van der Waals surface area contributed by atoms with Crippen LogP contribution in [0.5, 0.6) is 0 Å². The maximum absolute atomic E-state index is 12.5. The first-order valence-corrected chi connectivity index (χ1v) is 7.36. The van der Waals surface area contributed by atoms with Crippen molar-refractivity contribution in [3.8, 4) is 0 Å². The van der Waals surface area contributed by atoms with Gasteiger partial charge in [0.15, 0.2) is 5.54 Å². The van der Waals surface area contributed by atoms with E-state index >= 15 is 0 Å². The average Bonchev–Trinajstić information content (AvgIpc) is 2.27. The van der Waals surface area contributed by atoms with Crippen molar-refractivity contribution in [3.63, 3.8) is 0 Å². The van der Waals surface area contributed by atoms with E-state index in [9.17, 15) is 14.7 Å². The molecule has 0 bridgehead atoms. The van der Waals surface area contributed by atoms with Crippen LogP contribution >= 0.6 is 0 Å². The van der Waals surface area contributed by atoms with Crippen molar-refractivity contribution >= 4 is 12.1 Å². The van der Waals surface area contributed by atoms with Crippen LogP contribution in [0.3, 0.4) is 0 Å². The molecule has 1 rings (SSSR count). The van der Waals surface area contributed by atoms with Crippen molar-refractivity contribution in [2.24, 2.45) is 0 Å². The van der Waals surface area contributed by atoms with E-state index in [0.29, 0.717) is 0 Å². The predicted molar refractivity (Wildman–Crippen MR) is 79.4 cm³/mol. The molecule has 0 aliphatic carbocycles. The molecule has 7 nitrogen and oxygen atoms in total. The SMILES string of the molecule is CC(C)(C)OC(=O)N[C@]1(C(=O)OC(C)(C)C)CCOC[C@@H]1O. The molecule has 22 heavy (non-hydrogen) atoms. The number of nitrogens with one attached hydrogen (secondary N) is 1. The number of aliphatic hydroxyl groups excluding tert-OH is 1. The third-order valence-corrected chi connectivity index (χ3v) is 2.97. The second kappa shape index (κ2) is 6.42. The van der Waals surface area contributed by atoms with Crippen LogP contribution in [0.15, 0.2) is 0 Å². The molecule has 1 aliphatic heterocycles. The van der Waals surface area contributed by atoms with Crippen molar-refractivity contribution in [1.82, 2.24) is 5.32 Å². The van der Waals surface area contributed by atoms with Crippen molar-refractivity contribution in [1.29, 1.82) is 0 Å². The smallest absolute Gasteiger partial charge is 0.408 e. The maximum Gasteiger partial charge on any atom is 0.408 e. The minimum atomic E-state index is -1.56. The molecular weight excluding hydrogens is 290 g/mol. The fraction of sp³-hybridized carbons (Fsp3) is 0.867. The first-order chi connectivity index (χ1) is 9.86. The van der Waals surface area contributed by atoms with Gasteiger partial charge >= 0.3 is 12.1 Å². The topological polar surface area (TPSA) is 94.1 Å². The number of carbonyl (C=O) groups is 2. The van der Waals surface area contributed by atoms with Gasteiger partial charge in [-0.25, -0.2) is 9.59 Å². The maximum atomic E-state index is 12.5. The Morgan fingerprint density at radius 3 is 2.14 bits per heavy atom. The third kappa shape index (κ3) is 5.14. The lowest BCUT2D eigenvalue weighted by molar-refractivity contribution is -0.177. The van der Waals surface area contributed by atoms with Crippen LogP contribution in [0.1, 0.15) is 48.0 Å². The fourth-order valence-corrected chi connectivity index (χ4v) is 2.03. The minimum absolute atomic E-state index is 0.0605. The van der Waals surface area contributed by atoms with Gasteiger partial charge in [-0.3, -0.25) is 0 Å². The molecule has 1 fully saturated rings. The summed E-state index contributed by atoms with van der Waals surface area (Å²) in [6, 6.07) is 0. The van der Waals surface area contributed by atoms with Crippen molar-refractivity contribution in [3.05, 3.63) is 0 Å². The second-order valence-corrected chi connectivity index (χ2v) is 7.44. The number of carbonyl (C=O) groups excluding carboxylic acids is 2. The number of hydrogen-bond acceptors (Lipinski definition) is 6. The standard InChI is InChI=1S/C15H27NO6/c1-13(2,3)21-11(18)15(7-8-20-9-10(15)17)16-12(19)22-14(4,5)6/h10,17H,7-9H2,1-6H3,(H,16,19)/t10-,15+/m0/s1. The quantitative estimate of drug-likeness (QED) is 0.747. The van der Waals surface area contributed by atoms with Crippen LogP contribution < -0.4 is 5.32 Å². The van der Waals surface area contributed by atoms with Gasteiger partial charge < -0.3 is 24.6 Å². The van der Waals surface area contributed by atoms with Crippen LogP contribution in [0.4, 0.5) is 4.79 Å². The Hall–Kier alpha value is -1.34. The number of esters is 1. The molecule has 128 valence electrons. The Bertz CT molecular complexity index is 423. The summed E-state index contributed by atoms with van der Waals surface area (Å²) in [6.45, 7) is 10.5. The van der Waals surface area contributed by atoms with E-state index in [0.717, 1.165) is 0 Å². The summed E-state index contributed by atoms with van der Waals surface area (Å²) in [5.41, 5.74) is -3.01. The molecule has 0 aromatic carbocycles. The predicted octanol–water partition coefficient (Wildman–Crippen LogP) is 1.37. The highest BCUT2D eigenvalue weighted by molar-refractivity contribution is 5.87. The van der Waals surface area contributed by atoms with Crippen LogP contribution in [0, 0.1) is 0 Å². The van der Waals surface area contributed by atoms with Gasteiger partial charge in [-0.1, -0.05) is 0 Å². The summed E-state index contributed by atoms with van der Waals surface area (Å²) >= 11 is 0. The zero-order valence-electron chi connectivity index (χ0n) is 14.2. The van der Waals surface area contributed by atoms with E-state index in [4.69, 9.17) is 14.2 Å². The fourth-order valence-electron chi connectivity index (χ4n) is 2.03. The van der Waals surface area contributed by atoms with Crippen molar-refractivity contribution in [2.45, 2.75) is 70.8 Å². The summed E-state index contributed by atoms with van der Waals surface area (Å²) < 4.78 is 15.7. The number of ether oxygens (including phenoxy) is 3.